The molecular weight excluding hydrogens is 326 g/mol. The van der Waals surface area contributed by atoms with Crippen molar-refractivity contribution >= 4 is 5.91 Å². The van der Waals surface area contributed by atoms with Crippen molar-refractivity contribution < 1.29 is 9.53 Å². The number of aryl methyl sites for hydroxylation is 2. The van der Waals surface area contributed by atoms with Crippen LogP contribution in [0.15, 0.2) is 48.8 Å². The third-order valence-electron chi connectivity index (χ3n) is 4.88. The van der Waals surface area contributed by atoms with Gasteiger partial charge in [0, 0.05) is 11.1 Å². The molecule has 2 N–H and O–H groups in total. The molecule has 26 heavy (non-hydrogen) atoms. The smallest absolute Gasteiger partial charge is 0.237 e. The zero-order valence-electron chi connectivity index (χ0n) is 14.7. The zero-order chi connectivity index (χ0) is 18.1. The summed E-state index contributed by atoms with van der Waals surface area (Å²) in [6.45, 7) is 0.0788. The molecule has 4 rings (SSSR count). The number of rotatable bonds is 5. The Hall–Kier alpha value is -3.08. The third-order valence-corrected chi connectivity index (χ3v) is 4.88. The van der Waals surface area contributed by atoms with Crippen molar-refractivity contribution in [1.29, 1.82) is 0 Å². The topological polar surface area (TPSA) is 70.1 Å². The van der Waals surface area contributed by atoms with Crippen LogP contribution in [0.25, 0.3) is 22.5 Å². The summed E-state index contributed by atoms with van der Waals surface area (Å²) in [5.41, 5.74) is 11.8. The zero-order valence-corrected chi connectivity index (χ0v) is 14.7. The molecule has 1 aliphatic carbocycles. The van der Waals surface area contributed by atoms with Gasteiger partial charge in [0.05, 0.1) is 24.8 Å². The van der Waals surface area contributed by atoms with Gasteiger partial charge in [-0.1, -0.05) is 30.3 Å². The number of carbonyl (C=O) groups excluding carboxylic acids is 1. The molecule has 5 nitrogen and oxygen atoms in total. The lowest BCUT2D eigenvalue weighted by atomic mass is 9.99. The minimum Gasteiger partial charge on any atom is -0.496 e. The summed E-state index contributed by atoms with van der Waals surface area (Å²) in [5, 5.41) is 0. The van der Waals surface area contributed by atoms with Crippen LogP contribution in [0.4, 0.5) is 0 Å². The molecule has 0 fully saturated rings. The molecule has 0 spiro atoms. The summed E-state index contributed by atoms with van der Waals surface area (Å²) >= 11 is 0. The van der Waals surface area contributed by atoms with Crippen LogP contribution in [0, 0.1) is 0 Å². The van der Waals surface area contributed by atoms with E-state index >= 15 is 0 Å². The van der Waals surface area contributed by atoms with E-state index in [1.807, 2.05) is 34.9 Å². The Balaban J connectivity index is 1.95. The first kappa shape index (κ1) is 16.4. The van der Waals surface area contributed by atoms with E-state index in [0.29, 0.717) is 0 Å². The molecule has 132 valence electrons. The number of fused-ring (bicyclic) bond motifs is 1. The second kappa shape index (κ2) is 6.67. The van der Waals surface area contributed by atoms with Crippen molar-refractivity contribution in [3.63, 3.8) is 0 Å². The summed E-state index contributed by atoms with van der Waals surface area (Å²) in [5.74, 6) is 0.400. The van der Waals surface area contributed by atoms with E-state index in [9.17, 15) is 4.79 Å². The van der Waals surface area contributed by atoms with Gasteiger partial charge in [0.1, 0.15) is 12.3 Å². The van der Waals surface area contributed by atoms with Crippen LogP contribution in [0.5, 0.6) is 5.75 Å². The number of hydrogen-bond acceptors (Lipinski definition) is 3. The molecule has 0 saturated heterocycles. The monoisotopic (exact) mass is 347 g/mol. The van der Waals surface area contributed by atoms with Gasteiger partial charge in [0.2, 0.25) is 5.91 Å². The van der Waals surface area contributed by atoms with E-state index in [2.05, 4.69) is 17.1 Å². The largest absolute Gasteiger partial charge is 0.496 e. The molecule has 1 heterocycles. The first-order chi connectivity index (χ1) is 12.7. The minimum absolute atomic E-state index is 0.0788. The number of ether oxygens (including phenoxy) is 1. The number of amides is 1. The molecule has 1 aliphatic rings. The summed E-state index contributed by atoms with van der Waals surface area (Å²) in [6.07, 6.45) is 4.98. The maximum absolute atomic E-state index is 11.6. The molecule has 2 aromatic carbocycles. The first-order valence-electron chi connectivity index (χ1n) is 8.76. The normalized spacial score (nSPS) is 12.8. The summed E-state index contributed by atoms with van der Waals surface area (Å²) in [7, 11) is 1.68. The van der Waals surface area contributed by atoms with Crippen LogP contribution in [-0.4, -0.2) is 22.6 Å². The molecular formula is C21H21N3O2. The van der Waals surface area contributed by atoms with Crippen LogP contribution in [0.2, 0.25) is 0 Å². The predicted octanol–water partition coefficient (Wildman–Crippen LogP) is 3.20. The number of nitrogens with zero attached hydrogens (tertiary/aromatic N) is 2. The molecule has 1 aromatic heterocycles. The molecule has 0 atom stereocenters. The maximum Gasteiger partial charge on any atom is 0.237 e. The van der Waals surface area contributed by atoms with Crippen LogP contribution in [-0.2, 0) is 24.2 Å². The molecule has 3 aromatic rings. The Labute approximate surface area is 152 Å². The van der Waals surface area contributed by atoms with Gasteiger partial charge in [-0.05, 0) is 42.5 Å². The van der Waals surface area contributed by atoms with E-state index in [-0.39, 0.29) is 6.54 Å². The number of hydrogen-bond donors (Lipinski definition) is 1. The summed E-state index contributed by atoms with van der Waals surface area (Å²) < 4.78 is 7.50. The Bertz CT molecular complexity index is 961. The fraction of sp³-hybridized carbons (Fsp3) is 0.238. The van der Waals surface area contributed by atoms with Crippen molar-refractivity contribution in [2.24, 2.45) is 5.73 Å². The Morgan fingerprint density at radius 2 is 1.92 bits per heavy atom. The third kappa shape index (κ3) is 2.86. The highest BCUT2D eigenvalue weighted by molar-refractivity contribution is 5.84. The number of primary amides is 1. The van der Waals surface area contributed by atoms with Crippen LogP contribution < -0.4 is 10.5 Å². The second-order valence-corrected chi connectivity index (χ2v) is 6.58. The van der Waals surface area contributed by atoms with E-state index in [1.165, 1.54) is 11.1 Å². The molecule has 0 unspecified atom stereocenters. The van der Waals surface area contributed by atoms with Crippen molar-refractivity contribution in [1.82, 2.24) is 9.55 Å². The number of benzene rings is 2. The number of imidazole rings is 1. The fourth-order valence-electron chi connectivity index (χ4n) is 3.72. The quantitative estimate of drug-likeness (QED) is 0.770. The predicted molar refractivity (Wildman–Crippen MR) is 101 cm³/mol. The van der Waals surface area contributed by atoms with Gasteiger partial charge in [-0.3, -0.25) is 4.79 Å². The summed E-state index contributed by atoms with van der Waals surface area (Å²) in [6, 6.07) is 14.3. The molecule has 0 bridgehead atoms. The van der Waals surface area contributed by atoms with Gasteiger partial charge in [0.15, 0.2) is 0 Å². The van der Waals surface area contributed by atoms with E-state index in [4.69, 9.17) is 10.5 Å². The van der Waals surface area contributed by atoms with Gasteiger partial charge in [-0.2, -0.15) is 0 Å². The van der Waals surface area contributed by atoms with E-state index in [1.54, 1.807) is 13.4 Å². The number of nitrogens with two attached hydrogens (primary N) is 1. The van der Waals surface area contributed by atoms with Gasteiger partial charge in [-0.25, -0.2) is 4.98 Å². The highest BCUT2D eigenvalue weighted by Crippen LogP contribution is 2.40. The SMILES string of the molecule is COc1cc2c(cc1-c1c(-c3ccccc3)ncn1CC(N)=O)CCC2. The van der Waals surface area contributed by atoms with Crippen LogP contribution in [0.1, 0.15) is 17.5 Å². The minimum atomic E-state index is -0.400. The van der Waals surface area contributed by atoms with Gasteiger partial charge >= 0.3 is 0 Å². The standard InChI is InChI=1S/C21H21N3O2/c1-26-18-11-16-9-5-8-15(16)10-17(18)21-20(14-6-3-2-4-7-14)23-13-24(21)12-19(22)25/h2-4,6-7,10-11,13H,5,8-9,12H2,1H3,(H2,22,25). The van der Waals surface area contributed by atoms with Crippen LogP contribution >= 0.6 is 0 Å². The summed E-state index contributed by atoms with van der Waals surface area (Å²) in [4.78, 5) is 16.2. The lowest BCUT2D eigenvalue weighted by Crippen LogP contribution is -2.18. The fourth-order valence-corrected chi connectivity index (χ4v) is 3.72. The lowest BCUT2D eigenvalue weighted by molar-refractivity contribution is -0.118. The highest BCUT2D eigenvalue weighted by Gasteiger charge is 2.22. The number of methoxy groups -OCH3 is 1. The average molecular weight is 347 g/mol. The molecule has 5 heteroatoms. The van der Waals surface area contributed by atoms with Crippen molar-refractivity contribution in [3.05, 3.63) is 59.9 Å². The average Bonchev–Trinajstić information content (AvgIpc) is 3.27. The number of carbonyl (C=O) groups is 1. The van der Waals surface area contributed by atoms with Gasteiger partial charge in [0.25, 0.3) is 0 Å². The maximum atomic E-state index is 11.6. The van der Waals surface area contributed by atoms with E-state index < -0.39 is 5.91 Å². The van der Waals surface area contributed by atoms with Crippen LogP contribution in [0.3, 0.4) is 0 Å². The molecule has 0 radical (unpaired) electrons. The molecule has 0 aliphatic heterocycles. The van der Waals surface area contributed by atoms with Crippen molar-refractivity contribution in [3.8, 4) is 28.3 Å². The van der Waals surface area contributed by atoms with Gasteiger partial charge in [-0.15, -0.1) is 0 Å². The first-order valence-corrected chi connectivity index (χ1v) is 8.76. The van der Waals surface area contributed by atoms with Crippen molar-refractivity contribution in [2.75, 3.05) is 7.11 Å². The highest BCUT2D eigenvalue weighted by atomic mass is 16.5. The Kier molecular flexibility index (Phi) is 4.21. The number of aromatic nitrogens is 2. The van der Waals surface area contributed by atoms with Gasteiger partial charge < -0.3 is 15.0 Å². The van der Waals surface area contributed by atoms with E-state index in [0.717, 1.165) is 47.5 Å². The van der Waals surface area contributed by atoms with Crippen molar-refractivity contribution in [2.45, 2.75) is 25.8 Å². The molecule has 0 saturated carbocycles. The second-order valence-electron chi connectivity index (χ2n) is 6.58. The lowest BCUT2D eigenvalue weighted by Gasteiger charge is -2.15. The molecule has 1 amide bonds. The Morgan fingerprint density at radius 1 is 1.19 bits per heavy atom. The Morgan fingerprint density at radius 3 is 2.62 bits per heavy atom.